The molecular formula is C14H15NO3. The second-order valence-corrected chi connectivity index (χ2v) is 4.10. The van der Waals surface area contributed by atoms with Gasteiger partial charge in [0.05, 0.1) is 18.7 Å². The molecule has 0 aliphatic carbocycles. The second-order valence-electron chi connectivity index (χ2n) is 4.10. The normalized spacial score (nSPS) is 10.6. The number of benzene rings is 1. The topological polar surface area (TPSA) is 48.3 Å². The van der Waals surface area contributed by atoms with Gasteiger partial charge in [-0.05, 0) is 26.0 Å². The lowest BCUT2D eigenvalue weighted by Crippen LogP contribution is -2.13. The summed E-state index contributed by atoms with van der Waals surface area (Å²) in [5, 5.41) is 0.574. The van der Waals surface area contributed by atoms with E-state index in [2.05, 4.69) is 0 Å². The van der Waals surface area contributed by atoms with Crippen molar-refractivity contribution in [3.63, 3.8) is 0 Å². The predicted molar refractivity (Wildman–Crippen MR) is 70.1 cm³/mol. The number of fused-ring (bicyclic) bond motifs is 1. The molecule has 2 rings (SSSR count). The van der Waals surface area contributed by atoms with E-state index in [1.54, 1.807) is 22.9 Å². The zero-order chi connectivity index (χ0) is 13.1. The number of carbonyl (C=O) groups excluding carboxylic acids is 1. The molecule has 0 aliphatic heterocycles. The molecule has 94 valence electrons. The summed E-state index contributed by atoms with van der Waals surface area (Å²) in [6, 6.07) is 6.81. The Hall–Kier alpha value is -2.10. The van der Waals surface area contributed by atoms with E-state index in [1.165, 1.54) is 13.0 Å². The Kier molecular flexibility index (Phi) is 3.46. The lowest BCUT2D eigenvalue weighted by molar-refractivity contribution is -0.117. The Balaban J connectivity index is 2.74. The lowest BCUT2D eigenvalue weighted by Gasteiger charge is -2.13. The van der Waals surface area contributed by atoms with Crippen LogP contribution in [0.15, 0.2) is 35.3 Å². The van der Waals surface area contributed by atoms with E-state index < -0.39 is 0 Å². The summed E-state index contributed by atoms with van der Waals surface area (Å²) in [5.74, 6) is 0.667. The van der Waals surface area contributed by atoms with Crippen LogP contribution in [0.25, 0.3) is 10.9 Å². The fourth-order valence-corrected chi connectivity index (χ4v) is 1.98. The molecule has 0 unspecified atom stereocenters. The van der Waals surface area contributed by atoms with Crippen molar-refractivity contribution in [3.05, 3.63) is 40.7 Å². The molecule has 2 aromatic rings. The van der Waals surface area contributed by atoms with Gasteiger partial charge in [-0.25, -0.2) is 0 Å². The van der Waals surface area contributed by atoms with Crippen molar-refractivity contribution in [2.75, 3.05) is 6.61 Å². The van der Waals surface area contributed by atoms with Gasteiger partial charge < -0.3 is 9.30 Å². The molecule has 0 saturated heterocycles. The maximum atomic E-state index is 11.8. The lowest BCUT2D eigenvalue weighted by atomic mass is 10.2. The minimum atomic E-state index is -0.0636. The summed E-state index contributed by atoms with van der Waals surface area (Å²) in [5.41, 5.74) is 0.619. The Morgan fingerprint density at radius 2 is 2.11 bits per heavy atom. The summed E-state index contributed by atoms with van der Waals surface area (Å²) in [4.78, 5) is 23.1. The van der Waals surface area contributed by atoms with Crippen LogP contribution in [0.5, 0.6) is 5.75 Å². The number of aromatic nitrogens is 1. The zero-order valence-corrected chi connectivity index (χ0v) is 10.5. The molecule has 0 amide bonds. The molecule has 1 aromatic carbocycles. The first-order chi connectivity index (χ1) is 8.63. The highest BCUT2D eigenvalue weighted by molar-refractivity contribution is 5.86. The first kappa shape index (κ1) is 12.4. The molecule has 0 saturated carbocycles. The van der Waals surface area contributed by atoms with Gasteiger partial charge in [0.1, 0.15) is 11.5 Å². The molecule has 18 heavy (non-hydrogen) atoms. The van der Waals surface area contributed by atoms with Crippen LogP contribution in [0.4, 0.5) is 0 Å². The standard InChI is InChI=1S/C14H15NO3/c1-3-18-13-6-4-5-11-12(17)7-8-15(14(11)13)9-10(2)16/h4-8H,3,9H2,1-2H3. The molecule has 4 heteroatoms. The average Bonchev–Trinajstić information content (AvgIpc) is 2.33. The Morgan fingerprint density at radius 3 is 2.78 bits per heavy atom. The highest BCUT2D eigenvalue weighted by Crippen LogP contribution is 2.23. The Labute approximate surface area is 105 Å². The monoisotopic (exact) mass is 245 g/mol. The van der Waals surface area contributed by atoms with Crippen molar-refractivity contribution < 1.29 is 9.53 Å². The molecule has 0 spiro atoms. The fraction of sp³-hybridized carbons (Fsp3) is 0.286. The van der Waals surface area contributed by atoms with Crippen LogP contribution in [0, 0.1) is 0 Å². The third-order valence-corrected chi connectivity index (χ3v) is 2.65. The number of ether oxygens (including phenoxy) is 1. The first-order valence-corrected chi connectivity index (χ1v) is 5.88. The van der Waals surface area contributed by atoms with Gasteiger partial charge in [0.2, 0.25) is 0 Å². The number of Topliss-reactive ketones (excluding diaryl/α,β-unsaturated/α-hetero) is 1. The number of pyridine rings is 1. The van der Waals surface area contributed by atoms with Crippen LogP contribution < -0.4 is 10.2 Å². The first-order valence-electron chi connectivity index (χ1n) is 5.88. The number of ketones is 1. The van der Waals surface area contributed by atoms with Crippen LogP contribution in [0.1, 0.15) is 13.8 Å². The summed E-state index contributed by atoms with van der Waals surface area (Å²) in [7, 11) is 0. The van der Waals surface area contributed by atoms with Crippen LogP contribution in [-0.4, -0.2) is 17.0 Å². The third-order valence-electron chi connectivity index (χ3n) is 2.65. The fourth-order valence-electron chi connectivity index (χ4n) is 1.98. The number of nitrogens with zero attached hydrogens (tertiary/aromatic N) is 1. The molecular weight excluding hydrogens is 230 g/mol. The van der Waals surface area contributed by atoms with E-state index >= 15 is 0 Å². The van der Waals surface area contributed by atoms with Crippen LogP contribution in [0.3, 0.4) is 0 Å². The van der Waals surface area contributed by atoms with E-state index in [0.29, 0.717) is 23.3 Å². The van der Waals surface area contributed by atoms with E-state index in [9.17, 15) is 9.59 Å². The van der Waals surface area contributed by atoms with Crippen molar-refractivity contribution in [2.45, 2.75) is 20.4 Å². The molecule has 0 aliphatic rings. The SMILES string of the molecule is CCOc1cccc2c(=O)ccn(CC(C)=O)c12. The van der Waals surface area contributed by atoms with Gasteiger partial charge in [0.25, 0.3) is 0 Å². The Bertz CT molecular complexity index is 643. The van der Waals surface area contributed by atoms with Gasteiger partial charge in [-0.15, -0.1) is 0 Å². The number of rotatable bonds is 4. The second kappa shape index (κ2) is 5.04. The minimum Gasteiger partial charge on any atom is -0.492 e. The third kappa shape index (κ3) is 2.27. The highest BCUT2D eigenvalue weighted by Gasteiger charge is 2.09. The van der Waals surface area contributed by atoms with Crippen LogP contribution in [0.2, 0.25) is 0 Å². The molecule has 4 nitrogen and oxygen atoms in total. The summed E-state index contributed by atoms with van der Waals surface area (Å²) in [6.07, 6.45) is 1.63. The van der Waals surface area contributed by atoms with Crippen molar-refractivity contribution in [1.82, 2.24) is 4.57 Å². The molecule has 0 bridgehead atoms. The van der Waals surface area contributed by atoms with E-state index in [-0.39, 0.29) is 17.8 Å². The smallest absolute Gasteiger partial charge is 0.189 e. The van der Waals surface area contributed by atoms with Crippen LogP contribution >= 0.6 is 0 Å². The van der Waals surface area contributed by atoms with Gasteiger partial charge in [-0.1, -0.05) is 6.07 Å². The average molecular weight is 245 g/mol. The van der Waals surface area contributed by atoms with E-state index in [1.807, 2.05) is 13.0 Å². The van der Waals surface area contributed by atoms with Crippen molar-refractivity contribution in [3.8, 4) is 5.75 Å². The molecule has 1 heterocycles. The molecule has 0 radical (unpaired) electrons. The summed E-state index contributed by atoms with van der Waals surface area (Å²) in [6.45, 7) is 4.16. The maximum absolute atomic E-state index is 11.8. The van der Waals surface area contributed by atoms with Crippen molar-refractivity contribution >= 4 is 16.7 Å². The summed E-state index contributed by atoms with van der Waals surface area (Å²) >= 11 is 0. The largest absolute Gasteiger partial charge is 0.492 e. The number of carbonyl (C=O) groups is 1. The molecule has 0 atom stereocenters. The van der Waals surface area contributed by atoms with Crippen molar-refractivity contribution in [2.24, 2.45) is 0 Å². The molecule has 0 N–H and O–H groups in total. The molecule has 1 aromatic heterocycles. The van der Waals surface area contributed by atoms with E-state index in [4.69, 9.17) is 4.74 Å². The number of para-hydroxylation sites is 1. The highest BCUT2D eigenvalue weighted by atomic mass is 16.5. The van der Waals surface area contributed by atoms with Gasteiger partial charge >= 0.3 is 0 Å². The Morgan fingerprint density at radius 1 is 1.33 bits per heavy atom. The van der Waals surface area contributed by atoms with Gasteiger partial charge in [0.15, 0.2) is 5.43 Å². The van der Waals surface area contributed by atoms with Crippen LogP contribution in [-0.2, 0) is 11.3 Å². The minimum absolute atomic E-state index is 0.0336. The predicted octanol–water partition coefficient (Wildman–Crippen LogP) is 1.99. The van der Waals surface area contributed by atoms with Gasteiger partial charge in [-0.2, -0.15) is 0 Å². The molecule has 0 fully saturated rings. The maximum Gasteiger partial charge on any atom is 0.189 e. The number of hydrogen-bond donors (Lipinski definition) is 0. The quantitative estimate of drug-likeness (QED) is 0.827. The van der Waals surface area contributed by atoms with E-state index in [0.717, 1.165) is 0 Å². The number of hydrogen-bond acceptors (Lipinski definition) is 3. The summed E-state index contributed by atoms with van der Waals surface area (Å²) < 4.78 is 7.28. The van der Waals surface area contributed by atoms with Crippen molar-refractivity contribution in [1.29, 1.82) is 0 Å². The zero-order valence-electron chi connectivity index (χ0n) is 10.5. The van der Waals surface area contributed by atoms with Gasteiger partial charge in [0, 0.05) is 17.6 Å². The van der Waals surface area contributed by atoms with Gasteiger partial charge in [-0.3, -0.25) is 9.59 Å².